The molecule has 1 aliphatic carbocycles. The fourth-order valence-electron chi connectivity index (χ4n) is 2.37. The third-order valence-corrected chi connectivity index (χ3v) is 3.85. The van der Waals surface area contributed by atoms with Crippen molar-refractivity contribution < 1.29 is 9.53 Å². The average Bonchev–Trinajstić information content (AvgIpc) is 2.37. The number of carbonyl (C=O) groups excluding carboxylic acids is 1. The zero-order valence-corrected chi connectivity index (χ0v) is 11.7. The second kappa shape index (κ2) is 5.95. The Morgan fingerprint density at radius 2 is 2.21 bits per heavy atom. The van der Waals surface area contributed by atoms with Crippen LogP contribution >= 0.6 is 0 Å². The summed E-state index contributed by atoms with van der Waals surface area (Å²) in [6, 6.07) is 5.22. The summed E-state index contributed by atoms with van der Waals surface area (Å²) < 4.78 is 5.17. The molecular weight excluding hydrogens is 240 g/mol. The van der Waals surface area contributed by atoms with Gasteiger partial charge in [-0.2, -0.15) is 0 Å². The molecule has 1 amide bonds. The number of carbonyl (C=O) groups is 1. The van der Waals surface area contributed by atoms with Gasteiger partial charge in [0.05, 0.1) is 12.8 Å². The molecule has 0 radical (unpaired) electrons. The van der Waals surface area contributed by atoms with Gasteiger partial charge >= 0.3 is 0 Å². The van der Waals surface area contributed by atoms with E-state index in [4.69, 9.17) is 10.5 Å². The van der Waals surface area contributed by atoms with Gasteiger partial charge in [0.25, 0.3) is 5.91 Å². The molecule has 4 heteroatoms. The lowest BCUT2D eigenvalue weighted by atomic mass is 9.85. The van der Waals surface area contributed by atoms with Crippen molar-refractivity contribution in [2.24, 2.45) is 5.92 Å². The first-order valence-electron chi connectivity index (χ1n) is 6.88. The Hall–Kier alpha value is -1.71. The molecule has 1 fully saturated rings. The smallest absolute Gasteiger partial charge is 0.253 e. The van der Waals surface area contributed by atoms with Crippen LogP contribution < -0.4 is 10.5 Å². The second-order valence-electron chi connectivity index (χ2n) is 5.10. The number of rotatable bonds is 5. The van der Waals surface area contributed by atoms with Crippen LogP contribution in [0.1, 0.15) is 36.5 Å². The van der Waals surface area contributed by atoms with E-state index in [1.165, 1.54) is 19.3 Å². The van der Waals surface area contributed by atoms with Crippen molar-refractivity contribution in [3.05, 3.63) is 23.8 Å². The number of nitrogens with two attached hydrogens (primary N) is 1. The van der Waals surface area contributed by atoms with Crippen molar-refractivity contribution in [2.75, 3.05) is 25.9 Å². The van der Waals surface area contributed by atoms with Crippen LogP contribution in [0.25, 0.3) is 0 Å². The number of hydrogen-bond acceptors (Lipinski definition) is 3. The van der Waals surface area contributed by atoms with E-state index in [1.54, 1.807) is 25.3 Å². The van der Waals surface area contributed by atoms with E-state index in [0.29, 0.717) is 22.9 Å². The first-order valence-corrected chi connectivity index (χ1v) is 6.88. The van der Waals surface area contributed by atoms with E-state index in [0.717, 1.165) is 13.1 Å². The van der Waals surface area contributed by atoms with Crippen molar-refractivity contribution in [3.8, 4) is 5.75 Å². The Balaban J connectivity index is 2.11. The highest BCUT2D eigenvalue weighted by Gasteiger charge is 2.23. The van der Waals surface area contributed by atoms with E-state index in [-0.39, 0.29) is 5.91 Å². The van der Waals surface area contributed by atoms with Gasteiger partial charge in [0.1, 0.15) is 5.75 Å². The number of ether oxygens (including phenoxy) is 1. The Morgan fingerprint density at radius 1 is 1.47 bits per heavy atom. The molecule has 1 saturated carbocycles. The molecule has 19 heavy (non-hydrogen) atoms. The maximum Gasteiger partial charge on any atom is 0.253 e. The highest BCUT2D eigenvalue weighted by Crippen LogP contribution is 2.28. The van der Waals surface area contributed by atoms with Gasteiger partial charge in [-0.15, -0.1) is 0 Å². The lowest BCUT2D eigenvalue weighted by Crippen LogP contribution is -2.37. The van der Waals surface area contributed by atoms with Crippen molar-refractivity contribution in [1.82, 2.24) is 4.90 Å². The van der Waals surface area contributed by atoms with E-state index >= 15 is 0 Å². The number of nitrogen functional groups attached to an aromatic ring is 1. The molecule has 1 aliphatic rings. The minimum Gasteiger partial charge on any atom is -0.495 e. The Kier molecular flexibility index (Phi) is 4.30. The Bertz CT molecular complexity index is 455. The molecule has 0 spiro atoms. The van der Waals surface area contributed by atoms with Crippen LogP contribution in [0.5, 0.6) is 5.75 Å². The monoisotopic (exact) mass is 262 g/mol. The first kappa shape index (κ1) is 13.7. The van der Waals surface area contributed by atoms with Gasteiger partial charge in [-0.1, -0.05) is 6.42 Å². The third-order valence-electron chi connectivity index (χ3n) is 3.85. The lowest BCUT2D eigenvalue weighted by molar-refractivity contribution is 0.0706. The topological polar surface area (TPSA) is 55.6 Å². The van der Waals surface area contributed by atoms with Crippen molar-refractivity contribution in [1.29, 1.82) is 0 Å². The molecular formula is C15H22N2O2. The van der Waals surface area contributed by atoms with E-state index in [2.05, 4.69) is 0 Å². The molecule has 104 valence electrons. The number of benzene rings is 1. The standard InChI is InChI=1S/C15H22N2O2/c1-3-17(10-11-5-4-6-11)15(18)12-7-8-13(16)14(9-12)19-2/h7-9,11H,3-6,10,16H2,1-2H3. The third kappa shape index (κ3) is 3.00. The molecule has 4 nitrogen and oxygen atoms in total. The van der Waals surface area contributed by atoms with Gasteiger partial charge in [-0.3, -0.25) is 4.79 Å². The molecule has 0 heterocycles. The predicted octanol–water partition coefficient (Wildman–Crippen LogP) is 2.54. The summed E-state index contributed by atoms with van der Waals surface area (Å²) >= 11 is 0. The van der Waals surface area contributed by atoms with Crippen molar-refractivity contribution in [2.45, 2.75) is 26.2 Å². The van der Waals surface area contributed by atoms with Crippen LogP contribution in [0.2, 0.25) is 0 Å². The van der Waals surface area contributed by atoms with E-state index in [1.807, 2.05) is 11.8 Å². The summed E-state index contributed by atoms with van der Waals surface area (Å²) in [5.41, 5.74) is 6.97. The molecule has 0 aromatic heterocycles. The fourth-order valence-corrected chi connectivity index (χ4v) is 2.37. The van der Waals surface area contributed by atoms with Crippen LogP contribution in [0, 0.1) is 5.92 Å². The van der Waals surface area contributed by atoms with Crippen LogP contribution in [0.3, 0.4) is 0 Å². The van der Waals surface area contributed by atoms with Gasteiger partial charge in [0.2, 0.25) is 0 Å². The van der Waals surface area contributed by atoms with Crippen molar-refractivity contribution >= 4 is 11.6 Å². The number of hydrogen-bond donors (Lipinski definition) is 1. The number of amides is 1. The minimum absolute atomic E-state index is 0.0627. The largest absolute Gasteiger partial charge is 0.495 e. The van der Waals surface area contributed by atoms with Crippen LogP contribution in [-0.4, -0.2) is 31.0 Å². The van der Waals surface area contributed by atoms with Gasteiger partial charge in [-0.05, 0) is 43.9 Å². The van der Waals surface area contributed by atoms with E-state index < -0.39 is 0 Å². The van der Waals surface area contributed by atoms with Crippen LogP contribution in [-0.2, 0) is 0 Å². The normalized spacial score (nSPS) is 14.8. The molecule has 0 atom stereocenters. The zero-order valence-electron chi connectivity index (χ0n) is 11.7. The Labute approximate surface area is 114 Å². The molecule has 0 saturated heterocycles. The number of methoxy groups -OCH3 is 1. The molecule has 2 rings (SSSR count). The predicted molar refractivity (Wildman–Crippen MR) is 76.3 cm³/mol. The summed E-state index contributed by atoms with van der Waals surface area (Å²) in [6.45, 7) is 3.62. The van der Waals surface area contributed by atoms with E-state index in [9.17, 15) is 4.79 Å². The summed E-state index contributed by atoms with van der Waals surface area (Å²) in [5, 5.41) is 0. The molecule has 0 bridgehead atoms. The highest BCUT2D eigenvalue weighted by atomic mass is 16.5. The maximum atomic E-state index is 12.5. The van der Waals surface area contributed by atoms with Gasteiger partial charge < -0.3 is 15.4 Å². The summed E-state index contributed by atoms with van der Waals surface area (Å²) in [4.78, 5) is 14.4. The Morgan fingerprint density at radius 3 is 2.74 bits per heavy atom. The lowest BCUT2D eigenvalue weighted by Gasteiger charge is -2.32. The quantitative estimate of drug-likeness (QED) is 0.830. The van der Waals surface area contributed by atoms with Crippen LogP contribution in [0.15, 0.2) is 18.2 Å². The SMILES string of the molecule is CCN(CC1CCC1)C(=O)c1ccc(N)c(OC)c1. The minimum atomic E-state index is 0.0627. The van der Waals surface area contributed by atoms with Gasteiger partial charge in [0, 0.05) is 18.7 Å². The summed E-state index contributed by atoms with van der Waals surface area (Å²) in [6.07, 6.45) is 3.79. The molecule has 0 aliphatic heterocycles. The highest BCUT2D eigenvalue weighted by molar-refractivity contribution is 5.95. The summed E-state index contributed by atoms with van der Waals surface area (Å²) in [7, 11) is 1.56. The molecule has 2 N–H and O–H groups in total. The second-order valence-corrected chi connectivity index (χ2v) is 5.10. The van der Waals surface area contributed by atoms with Gasteiger partial charge in [-0.25, -0.2) is 0 Å². The van der Waals surface area contributed by atoms with Crippen LogP contribution in [0.4, 0.5) is 5.69 Å². The number of anilines is 1. The molecule has 1 aromatic rings. The molecule has 0 unspecified atom stereocenters. The van der Waals surface area contributed by atoms with Crippen molar-refractivity contribution in [3.63, 3.8) is 0 Å². The summed E-state index contributed by atoms with van der Waals surface area (Å²) in [5.74, 6) is 1.30. The molecule has 1 aromatic carbocycles. The first-order chi connectivity index (χ1) is 9.15. The van der Waals surface area contributed by atoms with Gasteiger partial charge in [0.15, 0.2) is 0 Å². The maximum absolute atomic E-state index is 12.5. The number of nitrogens with zero attached hydrogens (tertiary/aromatic N) is 1. The average molecular weight is 262 g/mol. The fraction of sp³-hybridized carbons (Fsp3) is 0.533. The zero-order chi connectivity index (χ0) is 13.8.